The molecule has 0 saturated carbocycles. The average Bonchev–Trinajstić information content (AvgIpc) is 2.45. The highest BCUT2D eigenvalue weighted by atomic mass is 16.5. The van der Waals surface area contributed by atoms with Gasteiger partial charge in [0.15, 0.2) is 0 Å². The summed E-state index contributed by atoms with van der Waals surface area (Å²) in [5.41, 5.74) is 0.924. The molecule has 1 unspecified atom stereocenters. The minimum atomic E-state index is 0.442. The van der Waals surface area contributed by atoms with Crippen molar-refractivity contribution in [2.24, 2.45) is 0 Å². The monoisotopic (exact) mass is 278 g/mol. The molecule has 5 heteroatoms. The molecular formula is C15H26N4O. The molecule has 1 aromatic heterocycles. The standard InChI is InChI=1S/C15H26N4O/c1-12(2)17-9-13-8-16-10-15(18-13)20-11-14-6-4-5-7-19(14)3/h8,10,12,14,17H,4-7,9,11H2,1-3H3. The summed E-state index contributed by atoms with van der Waals surface area (Å²) in [5, 5.41) is 3.34. The highest BCUT2D eigenvalue weighted by Crippen LogP contribution is 2.16. The number of likely N-dealkylation sites (N-methyl/N-ethyl adjacent to an activating group) is 1. The third-order valence-corrected chi connectivity index (χ3v) is 3.70. The zero-order chi connectivity index (χ0) is 14.4. The normalized spacial score (nSPS) is 20.3. The maximum atomic E-state index is 5.82. The molecule has 0 bridgehead atoms. The molecular weight excluding hydrogens is 252 g/mol. The molecule has 112 valence electrons. The van der Waals surface area contributed by atoms with Crippen molar-refractivity contribution in [2.45, 2.75) is 51.7 Å². The van der Waals surface area contributed by atoms with E-state index in [4.69, 9.17) is 4.74 Å². The minimum Gasteiger partial charge on any atom is -0.475 e. The Kier molecular flexibility index (Phi) is 5.73. The van der Waals surface area contributed by atoms with Crippen LogP contribution in [0, 0.1) is 0 Å². The minimum absolute atomic E-state index is 0.442. The molecule has 1 aliphatic rings. The van der Waals surface area contributed by atoms with Gasteiger partial charge in [-0.25, -0.2) is 4.98 Å². The summed E-state index contributed by atoms with van der Waals surface area (Å²) in [6.45, 7) is 6.83. The van der Waals surface area contributed by atoms with Crippen molar-refractivity contribution in [3.8, 4) is 5.88 Å². The van der Waals surface area contributed by atoms with E-state index in [9.17, 15) is 0 Å². The summed E-state index contributed by atoms with van der Waals surface area (Å²) >= 11 is 0. The summed E-state index contributed by atoms with van der Waals surface area (Å²) in [6.07, 6.45) is 7.28. The van der Waals surface area contributed by atoms with Crippen molar-refractivity contribution in [3.05, 3.63) is 18.1 Å². The summed E-state index contributed by atoms with van der Waals surface area (Å²) < 4.78 is 5.82. The van der Waals surface area contributed by atoms with Crippen LogP contribution in [0.5, 0.6) is 5.88 Å². The van der Waals surface area contributed by atoms with Gasteiger partial charge in [0, 0.05) is 24.8 Å². The van der Waals surface area contributed by atoms with Crippen LogP contribution >= 0.6 is 0 Å². The molecule has 20 heavy (non-hydrogen) atoms. The Morgan fingerprint density at radius 1 is 1.40 bits per heavy atom. The van der Waals surface area contributed by atoms with Crippen LogP contribution in [0.2, 0.25) is 0 Å². The van der Waals surface area contributed by atoms with Gasteiger partial charge < -0.3 is 15.0 Å². The van der Waals surface area contributed by atoms with Crippen molar-refractivity contribution in [3.63, 3.8) is 0 Å². The van der Waals surface area contributed by atoms with Crippen LogP contribution in [0.4, 0.5) is 0 Å². The smallest absolute Gasteiger partial charge is 0.232 e. The predicted molar refractivity (Wildman–Crippen MR) is 79.8 cm³/mol. The fourth-order valence-corrected chi connectivity index (χ4v) is 2.39. The lowest BCUT2D eigenvalue weighted by Crippen LogP contribution is -2.40. The summed E-state index contributed by atoms with van der Waals surface area (Å²) in [6, 6.07) is 0.945. The molecule has 1 aliphatic heterocycles. The molecule has 0 spiro atoms. The van der Waals surface area contributed by atoms with E-state index in [0.717, 1.165) is 18.8 Å². The predicted octanol–water partition coefficient (Wildman–Crippen LogP) is 1.84. The Labute approximate surface area is 121 Å². The van der Waals surface area contributed by atoms with E-state index < -0.39 is 0 Å². The quantitative estimate of drug-likeness (QED) is 0.860. The molecule has 1 aromatic rings. The number of hydrogen-bond acceptors (Lipinski definition) is 5. The van der Waals surface area contributed by atoms with Gasteiger partial charge in [-0.2, -0.15) is 0 Å². The van der Waals surface area contributed by atoms with Crippen LogP contribution in [0.15, 0.2) is 12.4 Å². The Hall–Kier alpha value is -1.20. The van der Waals surface area contributed by atoms with E-state index in [1.807, 2.05) is 0 Å². The zero-order valence-corrected chi connectivity index (χ0v) is 12.8. The highest BCUT2D eigenvalue weighted by molar-refractivity contribution is 5.08. The van der Waals surface area contributed by atoms with Crippen LogP contribution in [0.25, 0.3) is 0 Å². The Bertz CT molecular complexity index is 411. The molecule has 1 atom stereocenters. The van der Waals surface area contributed by atoms with Crippen molar-refractivity contribution in [1.82, 2.24) is 20.2 Å². The molecule has 2 heterocycles. The summed E-state index contributed by atoms with van der Waals surface area (Å²) in [7, 11) is 2.17. The van der Waals surface area contributed by atoms with E-state index in [1.54, 1.807) is 12.4 Å². The molecule has 2 rings (SSSR count). The summed E-state index contributed by atoms with van der Waals surface area (Å²) in [5.74, 6) is 0.632. The first-order valence-electron chi connectivity index (χ1n) is 7.52. The van der Waals surface area contributed by atoms with Crippen LogP contribution in [-0.4, -0.2) is 47.2 Å². The lowest BCUT2D eigenvalue weighted by Gasteiger charge is -2.31. The third-order valence-electron chi connectivity index (χ3n) is 3.70. The third kappa shape index (κ3) is 4.72. The zero-order valence-electron chi connectivity index (χ0n) is 12.8. The fourth-order valence-electron chi connectivity index (χ4n) is 2.39. The molecule has 0 aromatic carbocycles. The van der Waals surface area contributed by atoms with Gasteiger partial charge in [0.1, 0.15) is 6.61 Å². The Morgan fingerprint density at radius 2 is 2.25 bits per heavy atom. The second kappa shape index (κ2) is 7.55. The van der Waals surface area contributed by atoms with Gasteiger partial charge in [-0.15, -0.1) is 0 Å². The lowest BCUT2D eigenvalue weighted by atomic mass is 10.0. The molecule has 0 aliphatic carbocycles. The number of nitrogens with zero attached hydrogens (tertiary/aromatic N) is 3. The highest BCUT2D eigenvalue weighted by Gasteiger charge is 2.19. The van der Waals surface area contributed by atoms with Crippen molar-refractivity contribution < 1.29 is 4.74 Å². The van der Waals surface area contributed by atoms with E-state index >= 15 is 0 Å². The van der Waals surface area contributed by atoms with E-state index in [-0.39, 0.29) is 0 Å². The van der Waals surface area contributed by atoms with E-state index in [0.29, 0.717) is 24.6 Å². The largest absolute Gasteiger partial charge is 0.475 e. The van der Waals surface area contributed by atoms with Gasteiger partial charge in [0.25, 0.3) is 0 Å². The maximum absolute atomic E-state index is 5.82. The molecule has 1 N–H and O–H groups in total. The van der Waals surface area contributed by atoms with Gasteiger partial charge >= 0.3 is 0 Å². The number of piperidine rings is 1. The number of nitrogens with one attached hydrogen (secondary N) is 1. The molecule has 5 nitrogen and oxygen atoms in total. The Morgan fingerprint density at radius 3 is 3.00 bits per heavy atom. The van der Waals surface area contributed by atoms with Gasteiger partial charge in [-0.3, -0.25) is 4.98 Å². The number of rotatable bonds is 6. The first-order valence-corrected chi connectivity index (χ1v) is 7.52. The molecule has 0 radical (unpaired) electrons. The van der Waals surface area contributed by atoms with Gasteiger partial charge in [-0.05, 0) is 26.4 Å². The first-order chi connectivity index (χ1) is 9.65. The summed E-state index contributed by atoms with van der Waals surface area (Å²) in [4.78, 5) is 11.1. The van der Waals surface area contributed by atoms with E-state index in [2.05, 4.69) is 41.1 Å². The second-order valence-electron chi connectivity index (χ2n) is 5.83. The van der Waals surface area contributed by atoms with Crippen LogP contribution < -0.4 is 10.1 Å². The van der Waals surface area contributed by atoms with Crippen molar-refractivity contribution in [2.75, 3.05) is 20.2 Å². The number of hydrogen-bond donors (Lipinski definition) is 1. The SMILES string of the molecule is CC(C)NCc1cncc(OCC2CCCCN2C)n1. The van der Waals surface area contributed by atoms with E-state index in [1.165, 1.54) is 19.3 Å². The van der Waals surface area contributed by atoms with Gasteiger partial charge in [0.05, 0.1) is 11.9 Å². The topological polar surface area (TPSA) is 50.3 Å². The maximum Gasteiger partial charge on any atom is 0.232 e. The number of likely N-dealkylation sites (tertiary alicyclic amines) is 1. The molecule has 1 fully saturated rings. The number of aromatic nitrogens is 2. The number of ether oxygens (including phenoxy) is 1. The van der Waals surface area contributed by atoms with Gasteiger partial charge in [0.2, 0.25) is 5.88 Å². The van der Waals surface area contributed by atoms with Crippen LogP contribution in [0.1, 0.15) is 38.8 Å². The average molecular weight is 278 g/mol. The lowest BCUT2D eigenvalue weighted by molar-refractivity contribution is 0.122. The van der Waals surface area contributed by atoms with Crippen molar-refractivity contribution >= 4 is 0 Å². The second-order valence-corrected chi connectivity index (χ2v) is 5.83. The molecule has 0 amide bonds. The fraction of sp³-hybridized carbons (Fsp3) is 0.733. The Balaban J connectivity index is 1.84. The van der Waals surface area contributed by atoms with Crippen molar-refractivity contribution in [1.29, 1.82) is 0 Å². The molecule has 1 saturated heterocycles. The van der Waals surface area contributed by atoms with Gasteiger partial charge in [-0.1, -0.05) is 20.3 Å². The van der Waals surface area contributed by atoms with Crippen LogP contribution in [0.3, 0.4) is 0 Å². The first kappa shape index (κ1) is 15.2. The van der Waals surface area contributed by atoms with Crippen LogP contribution in [-0.2, 0) is 6.54 Å².